The molecule has 0 aliphatic carbocycles. The predicted molar refractivity (Wildman–Crippen MR) is 47.6 cm³/mol. The van der Waals surface area contributed by atoms with Crippen molar-refractivity contribution in [1.29, 1.82) is 0 Å². The van der Waals surface area contributed by atoms with Crippen molar-refractivity contribution < 1.29 is 4.39 Å². The van der Waals surface area contributed by atoms with Gasteiger partial charge in [-0.25, -0.2) is 5.01 Å². The molecule has 0 saturated carbocycles. The minimum Gasteiger partial charge on any atom is -0.235 e. The van der Waals surface area contributed by atoms with Crippen LogP contribution in [0.25, 0.3) is 0 Å². The number of rotatable bonds is 1. The number of hydrogen-bond acceptors (Lipinski definition) is 3. The monoisotopic (exact) mass is 187 g/mol. The molecular formula is C7H7ClFN3. The van der Waals surface area contributed by atoms with Crippen LogP contribution in [-0.2, 0) is 0 Å². The first-order valence-corrected chi connectivity index (χ1v) is 3.63. The van der Waals surface area contributed by atoms with Gasteiger partial charge in [-0.3, -0.25) is 0 Å². The molecular weight excluding hydrogens is 181 g/mol. The van der Waals surface area contributed by atoms with Crippen molar-refractivity contribution >= 4 is 22.9 Å². The SMILES string of the molecule is C=CN1N=C(F)N=C(Cl)C1=CC. The molecule has 0 radical (unpaired) electrons. The maximum Gasteiger partial charge on any atom is 0.327 e. The molecule has 0 amide bonds. The van der Waals surface area contributed by atoms with Gasteiger partial charge in [0.05, 0.1) is 5.70 Å². The van der Waals surface area contributed by atoms with E-state index in [2.05, 4.69) is 16.7 Å². The van der Waals surface area contributed by atoms with Gasteiger partial charge in [-0.05, 0) is 6.92 Å². The molecule has 12 heavy (non-hydrogen) atoms. The van der Waals surface area contributed by atoms with Gasteiger partial charge in [0.15, 0.2) is 5.17 Å². The van der Waals surface area contributed by atoms with E-state index in [0.717, 1.165) is 0 Å². The molecule has 0 spiro atoms. The molecule has 0 saturated heterocycles. The van der Waals surface area contributed by atoms with E-state index >= 15 is 0 Å². The van der Waals surface area contributed by atoms with Crippen LogP contribution in [0.4, 0.5) is 4.39 Å². The Kier molecular flexibility index (Phi) is 2.60. The number of allylic oxidation sites excluding steroid dienone is 2. The average Bonchev–Trinajstić information content (AvgIpc) is 2.03. The van der Waals surface area contributed by atoms with Gasteiger partial charge < -0.3 is 0 Å². The highest BCUT2D eigenvalue weighted by Crippen LogP contribution is 2.16. The number of halogens is 2. The van der Waals surface area contributed by atoms with Crippen LogP contribution in [0.15, 0.2) is 34.6 Å². The second-order valence-corrected chi connectivity index (χ2v) is 2.33. The number of hydrogen-bond donors (Lipinski definition) is 0. The summed E-state index contributed by atoms with van der Waals surface area (Å²) in [5, 5.41) is 4.73. The molecule has 1 aliphatic rings. The van der Waals surface area contributed by atoms with E-state index in [4.69, 9.17) is 11.6 Å². The summed E-state index contributed by atoms with van der Waals surface area (Å²) in [5.74, 6) is 0. The van der Waals surface area contributed by atoms with Gasteiger partial charge >= 0.3 is 6.09 Å². The molecule has 0 N–H and O–H groups in total. The topological polar surface area (TPSA) is 28.0 Å². The van der Waals surface area contributed by atoms with Crippen LogP contribution < -0.4 is 0 Å². The largest absolute Gasteiger partial charge is 0.327 e. The average molecular weight is 188 g/mol. The third-order valence-electron chi connectivity index (χ3n) is 1.29. The molecule has 0 aromatic rings. The van der Waals surface area contributed by atoms with Crippen molar-refractivity contribution in [3.8, 4) is 0 Å². The van der Waals surface area contributed by atoms with Gasteiger partial charge in [-0.15, -0.1) is 5.10 Å². The van der Waals surface area contributed by atoms with Crippen molar-refractivity contribution in [2.45, 2.75) is 6.92 Å². The van der Waals surface area contributed by atoms with Crippen molar-refractivity contribution in [3.63, 3.8) is 0 Å². The summed E-state index contributed by atoms with van der Waals surface area (Å²) in [6, 6.07) is 0. The lowest BCUT2D eigenvalue weighted by Crippen LogP contribution is -2.20. The quantitative estimate of drug-likeness (QED) is 0.579. The summed E-state index contributed by atoms with van der Waals surface area (Å²) in [7, 11) is 0. The molecule has 0 fully saturated rings. The molecule has 64 valence electrons. The first kappa shape index (κ1) is 8.93. The predicted octanol–water partition coefficient (Wildman–Crippen LogP) is 2.23. The molecule has 0 aromatic heterocycles. The molecule has 3 nitrogen and oxygen atoms in total. The van der Waals surface area contributed by atoms with Gasteiger partial charge in [0.1, 0.15) is 0 Å². The molecule has 5 heteroatoms. The summed E-state index contributed by atoms with van der Waals surface area (Å²) in [4.78, 5) is 3.34. The van der Waals surface area contributed by atoms with E-state index in [9.17, 15) is 4.39 Å². The molecule has 0 aromatic carbocycles. The highest BCUT2D eigenvalue weighted by Gasteiger charge is 2.16. The summed E-state index contributed by atoms with van der Waals surface area (Å²) in [5.41, 5.74) is 0.521. The fraction of sp³-hybridized carbons (Fsp3) is 0.143. The Labute approximate surface area is 74.5 Å². The lowest BCUT2D eigenvalue weighted by Gasteiger charge is -2.18. The molecule has 0 bridgehead atoms. The second kappa shape index (κ2) is 3.49. The van der Waals surface area contributed by atoms with Gasteiger partial charge in [0.25, 0.3) is 0 Å². The summed E-state index contributed by atoms with van der Waals surface area (Å²) in [6.45, 7) is 5.20. The third kappa shape index (κ3) is 1.53. The van der Waals surface area contributed by atoms with E-state index in [-0.39, 0.29) is 5.17 Å². The van der Waals surface area contributed by atoms with E-state index in [1.54, 1.807) is 13.0 Å². The van der Waals surface area contributed by atoms with Crippen LogP contribution in [0, 0.1) is 0 Å². The Balaban J connectivity index is 3.07. The van der Waals surface area contributed by atoms with Gasteiger partial charge in [0.2, 0.25) is 0 Å². The number of amidine groups is 1. The first-order chi connectivity index (χ1) is 5.69. The van der Waals surface area contributed by atoms with Gasteiger partial charge in [-0.1, -0.05) is 24.3 Å². The zero-order chi connectivity index (χ0) is 9.14. The van der Waals surface area contributed by atoms with Crippen molar-refractivity contribution in [2.24, 2.45) is 10.1 Å². The van der Waals surface area contributed by atoms with Crippen LogP contribution in [0.3, 0.4) is 0 Å². The highest BCUT2D eigenvalue weighted by molar-refractivity contribution is 6.70. The Morgan fingerprint density at radius 3 is 2.83 bits per heavy atom. The Morgan fingerprint density at radius 2 is 2.33 bits per heavy atom. The number of hydrazone groups is 1. The minimum atomic E-state index is -0.870. The zero-order valence-corrected chi connectivity index (χ0v) is 7.22. The fourth-order valence-corrected chi connectivity index (χ4v) is 1.05. The lowest BCUT2D eigenvalue weighted by molar-refractivity contribution is 0.501. The number of aliphatic imine (C=N–C) groups is 1. The molecule has 0 unspecified atom stereocenters. The van der Waals surface area contributed by atoms with Crippen LogP contribution in [0.2, 0.25) is 0 Å². The van der Waals surface area contributed by atoms with E-state index < -0.39 is 6.09 Å². The Morgan fingerprint density at radius 1 is 1.67 bits per heavy atom. The van der Waals surface area contributed by atoms with Crippen molar-refractivity contribution in [2.75, 3.05) is 0 Å². The minimum absolute atomic E-state index is 0.0740. The van der Waals surface area contributed by atoms with E-state index in [1.165, 1.54) is 11.2 Å². The van der Waals surface area contributed by atoms with Crippen molar-refractivity contribution in [1.82, 2.24) is 5.01 Å². The Hall–Kier alpha value is -1.16. The lowest BCUT2D eigenvalue weighted by atomic mass is 10.4. The zero-order valence-electron chi connectivity index (χ0n) is 6.46. The maximum atomic E-state index is 12.5. The highest BCUT2D eigenvalue weighted by atomic mass is 35.5. The summed E-state index contributed by atoms with van der Waals surface area (Å²) >= 11 is 5.62. The molecule has 1 heterocycles. The molecule has 0 atom stereocenters. The Bertz CT molecular complexity index is 293. The summed E-state index contributed by atoms with van der Waals surface area (Å²) < 4.78 is 12.5. The van der Waals surface area contributed by atoms with Crippen LogP contribution in [-0.4, -0.2) is 16.3 Å². The van der Waals surface area contributed by atoms with Gasteiger partial charge in [0, 0.05) is 6.20 Å². The smallest absolute Gasteiger partial charge is 0.235 e. The summed E-state index contributed by atoms with van der Waals surface area (Å²) in [6.07, 6.45) is 2.15. The van der Waals surface area contributed by atoms with Crippen LogP contribution >= 0.6 is 11.6 Å². The third-order valence-corrected chi connectivity index (χ3v) is 1.56. The first-order valence-electron chi connectivity index (χ1n) is 3.25. The van der Waals surface area contributed by atoms with Crippen molar-refractivity contribution in [3.05, 3.63) is 24.6 Å². The fourth-order valence-electron chi connectivity index (χ4n) is 0.788. The van der Waals surface area contributed by atoms with Crippen LogP contribution in [0.5, 0.6) is 0 Å². The second-order valence-electron chi connectivity index (χ2n) is 1.97. The normalized spacial score (nSPS) is 20.6. The maximum absolute atomic E-state index is 12.5. The van der Waals surface area contributed by atoms with Crippen LogP contribution in [0.1, 0.15) is 6.92 Å². The molecule has 1 rings (SSSR count). The molecule has 1 aliphatic heterocycles. The van der Waals surface area contributed by atoms with Gasteiger partial charge in [-0.2, -0.15) is 9.38 Å². The van der Waals surface area contributed by atoms with E-state index in [0.29, 0.717) is 5.70 Å². The number of nitrogens with zero attached hydrogens (tertiary/aromatic N) is 3. The van der Waals surface area contributed by atoms with E-state index in [1.807, 2.05) is 0 Å². The standard InChI is InChI=1S/C7H7ClFN3/c1-3-5-6(8)10-7(9)11-12(5)4-2/h3-4H,2H2,1H3.